The van der Waals surface area contributed by atoms with Gasteiger partial charge in [-0.25, -0.2) is 14.6 Å². The zero-order chi connectivity index (χ0) is 17.0. The van der Waals surface area contributed by atoms with Gasteiger partial charge in [-0.3, -0.25) is 0 Å². The van der Waals surface area contributed by atoms with Crippen LogP contribution in [0.1, 0.15) is 39.7 Å². The summed E-state index contributed by atoms with van der Waals surface area (Å²) in [6, 6.07) is 4.97. The topological polar surface area (TPSA) is 91.5 Å². The molecule has 0 bridgehead atoms. The molecule has 7 heteroatoms. The molecule has 0 amide bonds. The number of nitrogens with zero attached hydrogens (tertiary/aromatic N) is 1. The van der Waals surface area contributed by atoms with Gasteiger partial charge >= 0.3 is 11.9 Å². The average molecular weight is 334 g/mol. The molecule has 1 aromatic carbocycles. The molecule has 0 unspecified atom stereocenters. The van der Waals surface area contributed by atoms with Crippen LogP contribution in [0.5, 0.6) is 0 Å². The van der Waals surface area contributed by atoms with E-state index in [0.717, 1.165) is 5.01 Å². The van der Waals surface area contributed by atoms with Gasteiger partial charge in [0.25, 0.3) is 0 Å². The number of hydrogen-bond donors (Lipinski definition) is 1. The second kappa shape index (κ2) is 7.23. The monoisotopic (exact) mass is 334 g/mol. The summed E-state index contributed by atoms with van der Waals surface area (Å²) in [6.07, 6.45) is 0. The van der Waals surface area contributed by atoms with E-state index in [0.29, 0.717) is 16.1 Å². The Kier molecular flexibility index (Phi) is 5.33. The van der Waals surface area contributed by atoms with Crippen LogP contribution < -0.4 is 5.73 Å². The maximum atomic E-state index is 12.0. The number of aromatic nitrogens is 1. The molecule has 2 N–H and O–H groups in total. The second-order valence-electron chi connectivity index (χ2n) is 4.65. The van der Waals surface area contributed by atoms with Crippen molar-refractivity contribution in [3.8, 4) is 10.4 Å². The third-order valence-electron chi connectivity index (χ3n) is 3.01. The summed E-state index contributed by atoms with van der Waals surface area (Å²) in [7, 11) is 0. The minimum atomic E-state index is -0.495. The highest BCUT2D eigenvalue weighted by molar-refractivity contribution is 7.15. The van der Waals surface area contributed by atoms with Crippen molar-refractivity contribution in [2.45, 2.75) is 20.8 Å². The number of hydrogen-bond acceptors (Lipinski definition) is 7. The van der Waals surface area contributed by atoms with Crippen molar-refractivity contribution in [1.82, 2.24) is 4.98 Å². The van der Waals surface area contributed by atoms with E-state index in [1.54, 1.807) is 39.0 Å². The summed E-state index contributed by atoms with van der Waals surface area (Å²) in [5.41, 5.74) is 7.36. The van der Waals surface area contributed by atoms with Crippen LogP contribution in [-0.4, -0.2) is 30.1 Å². The number of ether oxygens (including phenoxy) is 2. The molecular formula is C16H18N2O4S. The predicted octanol–water partition coefficient (Wildman–Crippen LogP) is 3.05. The summed E-state index contributed by atoms with van der Waals surface area (Å²) < 4.78 is 10.0. The fraction of sp³-hybridized carbons (Fsp3) is 0.312. The van der Waals surface area contributed by atoms with Gasteiger partial charge in [-0.15, -0.1) is 11.3 Å². The predicted molar refractivity (Wildman–Crippen MR) is 88.6 cm³/mol. The molecule has 2 aromatic rings. The van der Waals surface area contributed by atoms with Gasteiger partial charge in [0.05, 0.1) is 28.7 Å². The highest BCUT2D eigenvalue weighted by Crippen LogP contribution is 2.32. The number of carbonyl (C=O) groups is 2. The van der Waals surface area contributed by atoms with Crippen molar-refractivity contribution in [1.29, 1.82) is 0 Å². The Bertz CT molecular complexity index is 740. The van der Waals surface area contributed by atoms with Gasteiger partial charge in [-0.2, -0.15) is 0 Å². The van der Waals surface area contributed by atoms with Gasteiger partial charge in [-0.1, -0.05) is 6.07 Å². The van der Waals surface area contributed by atoms with E-state index in [-0.39, 0.29) is 24.5 Å². The smallest absolute Gasteiger partial charge is 0.358 e. The molecule has 0 aliphatic heterocycles. The third kappa shape index (κ3) is 3.68. The summed E-state index contributed by atoms with van der Waals surface area (Å²) in [5, 5.41) is 0.734. The lowest BCUT2D eigenvalue weighted by atomic mass is 10.1. The lowest BCUT2D eigenvalue weighted by Crippen LogP contribution is -2.09. The highest BCUT2D eigenvalue weighted by Gasteiger charge is 2.21. The van der Waals surface area contributed by atoms with Gasteiger partial charge in [0.2, 0.25) is 0 Å². The number of rotatable bonds is 5. The average Bonchev–Trinajstić information content (AvgIpc) is 2.90. The zero-order valence-electron chi connectivity index (χ0n) is 13.2. The molecule has 122 valence electrons. The molecule has 0 saturated heterocycles. The summed E-state index contributed by atoms with van der Waals surface area (Å²) >= 11 is 1.36. The second-order valence-corrected chi connectivity index (χ2v) is 5.86. The molecular weight excluding hydrogens is 316 g/mol. The molecule has 2 rings (SSSR count). The molecule has 0 radical (unpaired) electrons. The zero-order valence-corrected chi connectivity index (χ0v) is 14.0. The largest absolute Gasteiger partial charge is 0.462 e. The van der Waals surface area contributed by atoms with Gasteiger partial charge in [0.1, 0.15) is 0 Å². The van der Waals surface area contributed by atoms with Gasteiger partial charge < -0.3 is 15.2 Å². The van der Waals surface area contributed by atoms with E-state index < -0.39 is 11.9 Å². The molecule has 0 aliphatic carbocycles. The first kappa shape index (κ1) is 17.0. The van der Waals surface area contributed by atoms with Gasteiger partial charge in [-0.05, 0) is 38.5 Å². The van der Waals surface area contributed by atoms with Crippen molar-refractivity contribution < 1.29 is 19.1 Å². The molecule has 6 nitrogen and oxygen atoms in total. The SMILES string of the molecule is CCOC(=O)c1cc(-c2sc(C)nc2C(=O)OCC)ccc1N. The van der Waals surface area contributed by atoms with E-state index in [2.05, 4.69) is 4.98 Å². The van der Waals surface area contributed by atoms with Crippen molar-refractivity contribution in [2.24, 2.45) is 0 Å². The fourth-order valence-electron chi connectivity index (χ4n) is 2.04. The lowest BCUT2D eigenvalue weighted by Gasteiger charge is -2.08. The van der Waals surface area contributed by atoms with E-state index >= 15 is 0 Å². The van der Waals surface area contributed by atoms with Crippen LogP contribution >= 0.6 is 11.3 Å². The summed E-state index contributed by atoms with van der Waals surface area (Å²) in [6.45, 7) is 5.80. The van der Waals surface area contributed by atoms with Crippen LogP contribution in [0.25, 0.3) is 10.4 Å². The number of esters is 2. The molecule has 0 saturated carbocycles. The Balaban J connectivity index is 2.49. The number of thiazole rings is 1. The van der Waals surface area contributed by atoms with E-state index in [1.165, 1.54) is 11.3 Å². The Morgan fingerprint density at radius 1 is 1.17 bits per heavy atom. The van der Waals surface area contributed by atoms with Crippen LogP contribution in [0, 0.1) is 6.92 Å². The maximum Gasteiger partial charge on any atom is 0.358 e. The number of carbonyl (C=O) groups excluding carboxylic acids is 2. The van der Waals surface area contributed by atoms with Crippen LogP contribution in [0.15, 0.2) is 18.2 Å². The van der Waals surface area contributed by atoms with Crippen LogP contribution in [0.2, 0.25) is 0 Å². The first-order valence-electron chi connectivity index (χ1n) is 7.19. The van der Waals surface area contributed by atoms with Gasteiger partial charge in [0, 0.05) is 5.69 Å². The molecule has 0 fully saturated rings. The molecule has 1 heterocycles. The molecule has 0 atom stereocenters. The van der Waals surface area contributed by atoms with Crippen molar-refractivity contribution in [3.63, 3.8) is 0 Å². The van der Waals surface area contributed by atoms with Crippen molar-refractivity contribution in [3.05, 3.63) is 34.5 Å². The molecule has 0 aliphatic rings. The van der Waals surface area contributed by atoms with Crippen molar-refractivity contribution >= 4 is 29.0 Å². The van der Waals surface area contributed by atoms with E-state index in [9.17, 15) is 9.59 Å². The number of nitrogen functional groups attached to an aromatic ring is 1. The third-order valence-corrected chi connectivity index (χ3v) is 4.03. The number of aryl methyl sites for hydroxylation is 1. The Hall–Kier alpha value is -2.41. The number of nitrogens with two attached hydrogens (primary N) is 1. The Morgan fingerprint density at radius 3 is 2.48 bits per heavy atom. The van der Waals surface area contributed by atoms with Crippen LogP contribution in [-0.2, 0) is 9.47 Å². The first-order valence-corrected chi connectivity index (χ1v) is 8.01. The highest BCUT2D eigenvalue weighted by atomic mass is 32.1. The minimum absolute atomic E-state index is 0.244. The Labute approximate surface area is 138 Å². The number of anilines is 1. The lowest BCUT2D eigenvalue weighted by molar-refractivity contribution is 0.0515. The van der Waals surface area contributed by atoms with Crippen molar-refractivity contribution in [2.75, 3.05) is 18.9 Å². The molecule has 0 spiro atoms. The van der Waals surface area contributed by atoms with Crippen LogP contribution in [0.4, 0.5) is 5.69 Å². The van der Waals surface area contributed by atoms with Crippen LogP contribution in [0.3, 0.4) is 0 Å². The molecule has 23 heavy (non-hydrogen) atoms. The number of benzene rings is 1. The quantitative estimate of drug-likeness (QED) is 0.667. The molecule has 1 aromatic heterocycles. The first-order chi connectivity index (χ1) is 11.0. The van der Waals surface area contributed by atoms with E-state index in [1.807, 2.05) is 0 Å². The van der Waals surface area contributed by atoms with E-state index in [4.69, 9.17) is 15.2 Å². The Morgan fingerprint density at radius 2 is 1.83 bits per heavy atom. The summed E-state index contributed by atoms with van der Waals surface area (Å²) in [4.78, 5) is 28.9. The maximum absolute atomic E-state index is 12.0. The fourth-order valence-corrected chi connectivity index (χ4v) is 2.95. The summed E-state index contributed by atoms with van der Waals surface area (Å²) in [5.74, 6) is -0.980. The minimum Gasteiger partial charge on any atom is -0.462 e. The van der Waals surface area contributed by atoms with Gasteiger partial charge in [0.15, 0.2) is 5.69 Å². The standard InChI is InChI=1S/C16H18N2O4S/c1-4-21-15(19)11-8-10(6-7-12(11)17)14-13(16(20)22-5-2)18-9(3)23-14/h6-8H,4-5,17H2,1-3H3. The normalized spacial score (nSPS) is 10.4.